The van der Waals surface area contributed by atoms with Crippen LogP contribution in [0.5, 0.6) is 28.7 Å². The van der Waals surface area contributed by atoms with E-state index in [1.54, 1.807) is 37.3 Å². The molecule has 0 bridgehead atoms. The Morgan fingerprint density at radius 1 is 0.507 bits per heavy atom. The lowest BCUT2D eigenvalue weighted by molar-refractivity contribution is -0.142. The van der Waals surface area contributed by atoms with Gasteiger partial charge in [-0.15, -0.1) is 0 Å². The van der Waals surface area contributed by atoms with Crippen LogP contribution in [-0.2, 0) is 28.6 Å². The normalized spacial score (nSPS) is 11.5. The minimum Gasteiger partial charge on any atom is -0.491 e. The van der Waals surface area contributed by atoms with Crippen molar-refractivity contribution in [3.8, 4) is 39.9 Å². The molecule has 358 valence electrons. The quantitative estimate of drug-likeness (QED) is 0.0203. The number of rotatable bonds is 23. The Morgan fingerprint density at radius 2 is 0.855 bits per heavy atom. The molecule has 0 saturated heterocycles. The van der Waals surface area contributed by atoms with Crippen molar-refractivity contribution in [1.29, 1.82) is 0 Å². The van der Waals surface area contributed by atoms with E-state index in [4.69, 9.17) is 44.5 Å². The molecule has 0 fully saturated rings. The van der Waals surface area contributed by atoms with Crippen LogP contribution < -0.4 is 23.7 Å². The Kier molecular flexibility index (Phi) is 21.4. The molecule has 0 heterocycles. The Hall–Kier alpha value is -8.56. The summed E-state index contributed by atoms with van der Waals surface area (Å²) in [6.07, 6.45) is 0.0238. The van der Waals surface area contributed by atoms with Gasteiger partial charge in [0.2, 0.25) is 0 Å². The number of aryl methyl sites for hydroxylation is 1. The number of hydrogen-bond donors (Lipinski definition) is 3. The summed E-state index contributed by atoms with van der Waals surface area (Å²) in [6, 6.07) is 31.3. The molecule has 3 unspecified atom stereocenters. The molecule has 5 aromatic carbocycles. The highest BCUT2D eigenvalue weighted by molar-refractivity contribution is 5.92. The van der Waals surface area contributed by atoms with Gasteiger partial charge in [-0.3, -0.25) is 0 Å². The molecular weight excluding hydrogens is 895 g/mol. The molecule has 0 aliphatic carbocycles. The molecule has 0 aliphatic heterocycles. The SMILES string of the molecule is C=CC(=O)OCC(O)COc1ccc(C(=O)Oc2ccc(OC(=O)c3ccc(OCC(O)COC(=O)C=C)cc3)c(C)c2)cc1.[C-]#[N+]c1ccc(-c2ccc(OCC(O)COC(=O)C=C)cc2)cc1. The van der Waals surface area contributed by atoms with Gasteiger partial charge in [0.05, 0.1) is 17.7 Å². The molecule has 3 N–H and O–H groups in total. The van der Waals surface area contributed by atoms with Gasteiger partial charge in [0, 0.05) is 18.2 Å². The van der Waals surface area contributed by atoms with Crippen molar-refractivity contribution >= 4 is 35.5 Å². The number of benzene rings is 5. The summed E-state index contributed by atoms with van der Waals surface area (Å²) < 4.78 is 41.5. The van der Waals surface area contributed by atoms with E-state index in [9.17, 15) is 39.3 Å². The number of esters is 5. The van der Waals surface area contributed by atoms with Crippen molar-refractivity contribution in [1.82, 2.24) is 0 Å². The van der Waals surface area contributed by atoms with Crippen LogP contribution in [0, 0.1) is 13.5 Å². The van der Waals surface area contributed by atoms with Gasteiger partial charge in [-0.05, 0) is 102 Å². The molecule has 0 spiro atoms. The Morgan fingerprint density at radius 3 is 1.22 bits per heavy atom. The van der Waals surface area contributed by atoms with Gasteiger partial charge in [0.1, 0.15) is 86.7 Å². The van der Waals surface area contributed by atoms with Crippen molar-refractivity contribution in [3.05, 3.63) is 181 Å². The van der Waals surface area contributed by atoms with Gasteiger partial charge in [-0.2, -0.15) is 0 Å². The van der Waals surface area contributed by atoms with Crippen LogP contribution in [0.15, 0.2) is 153 Å². The number of aliphatic hydroxyl groups excluding tert-OH is 3. The van der Waals surface area contributed by atoms with E-state index in [1.807, 2.05) is 24.3 Å². The maximum atomic E-state index is 12.7. The van der Waals surface area contributed by atoms with E-state index in [0.717, 1.165) is 29.4 Å². The molecule has 0 saturated carbocycles. The summed E-state index contributed by atoms with van der Waals surface area (Å²) in [5, 5.41) is 29.3. The zero-order chi connectivity index (χ0) is 50.1. The van der Waals surface area contributed by atoms with Crippen LogP contribution >= 0.6 is 0 Å². The average Bonchev–Trinajstić information content (AvgIpc) is 3.38. The molecule has 0 aliphatic rings. The predicted octanol–water partition coefficient (Wildman–Crippen LogP) is 6.74. The molecule has 17 nitrogen and oxygen atoms in total. The van der Waals surface area contributed by atoms with Gasteiger partial charge in [0.15, 0.2) is 5.69 Å². The summed E-state index contributed by atoms with van der Waals surface area (Å²) in [5.41, 5.74) is 3.64. The second-order valence-electron chi connectivity index (χ2n) is 14.3. The largest absolute Gasteiger partial charge is 0.491 e. The van der Waals surface area contributed by atoms with Gasteiger partial charge in [0.25, 0.3) is 0 Å². The van der Waals surface area contributed by atoms with Gasteiger partial charge < -0.3 is 53.2 Å². The lowest BCUT2D eigenvalue weighted by atomic mass is 10.1. The maximum Gasteiger partial charge on any atom is 0.343 e. The van der Waals surface area contributed by atoms with Crippen molar-refractivity contribution in [2.24, 2.45) is 0 Å². The summed E-state index contributed by atoms with van der Waals surface area (Å²) in [6.45, 7) is 17.6. The smallest absolute Gasteiger partial charge is 0.343 e. The molecular formula is C52H49NO16. The molecule has 5 rings (SSSR count). The number of carbonyl (C=O) groups is 5. The topological polar surface area (TPSA) is 224 Å². The van der Waals surface area contributed by atoms with Crippen molar-refractivity contribution in [3.63, 3.8) is 0 Å². The Balaban J connectivity index is 0.000000362. The van der Waals surface area contributed by atoms with Crippen LogP contribution in [0.25, 0.3) is 16.0 Å². The van der Waals surface area contributed by atoms with E-state index < -0.39 is 48.2 Å². The molecule has 0 radical (unpaired) electrons. The van der Waals surface area contributed by atoms with Crippen molar-refractivity contribution in [2.45, 2.75) is 25.2 Å². The standard InChI is InChI=1S/C33H32O12.C19H17NO4/c1-4-30(36)42-19-24(34)17-40-26-10-6-22(7-11-26)32(38)44-28-14-15-29(21(3)16-28)45-33(39)23-8-12-27(13-9-23)41-18-25(35)20-43-31(37)5-2;1-3-19(22)24-13-17(21)12-23-18-10-6-15(7-11-18)14-4-8-16(20-2)9-5-14/h4-16,24-25,34-35H,1-2,17-20H2,3H3;3-11,17,21H,1,12-13H2. The predicted molar refractivity (Wildman–Crippen MR) is 250 cm³/mol. The zero-order valence-electron chi connectivity index (χ0n) is 37.4. The van der Waals surface area contributed by atoms with Crippen molar-refractivity contribution in [2.75, 3.05) is 39.6 Å². The van der Waals surface area contributed by atoms with E-state index >= 15 is 0 Å². The summed E-state index contributed by atoms with van der Waals surface area (Å²) in [7, 11) is 0. The third-order valence-electron chi connectivity index (χ3n) is 9.00. The summed E-state index contributed by atoms with van der Waals surface area (Å²) >= 11 is 0. The fourth-order valence-electron chi connectivity index (χ4n) is 5.40. The molecule has 69 heavy (non-hydrogen) atoms. The molecule has 0 amide bonds. The van der Waals surface area contributed by atoms with E-state index in [2.05, 4.69) is 24.6 Å². The fourth-order valence-corrected chi connectivity index (χ4v) is 5.40. The molecule has 17 heteroatoms. The highest BCUT2D eigenvalue weighted by atomic mass is 16.6. The minimum absolute atomic E-state index is 0.0173. The first-order chi connectivity index (χ1) is 33.2. The number of hydrogen-bond acceptors (Lipinski definition) is 16. The number of nitrogens with zero attached hydrogens (tertiary/aromatic N) is 1. The Bertz CT molecular complexity index is 2570. The lowest BCUT2D eigenvalue weighted by Crippen LogP contribution is -2.24. The van der Waals surface area contributed by atoms with Crippen molar-refractivity contribution < 1.29 is 77.2 Å². The van der Waals surface area contributed by atoms with E-state index in [1.165, 1.54) is 60.7 Å². The average molecular weight is 944 g/mol. The van der Waals surface area contributed by atoms with Gasteiger partial charge in [-0.25, -0.2) is 28.8 Å². The molecule has 3 atom stereocenters. The van der Waals surface area contributed by atoms with Gasteiger partial charge >= 0.3 is 29.8 Å². The third-order valence-corrected chi connectivity index (χ3v) is 9.00. The van der Waals surface area contributed by atoms with Crippen LogP contribution in [0.3, 0.4) is 0 Å². The minimum atomic E-state index is -1.04. The van der Waals surface area contributed by atoms with Crippen LogP contribution in [-0.4, -0.2) is 103 Å². The van der Waals surface area contributed by atoms with E-state index in [0.29, 0.717) is 28.5 Å². The van der Waals surface area contributed by atoms with E-state index in [-0.39, 0.29) is 62.3 Å². The fraction of sp³-hybridized carbons (Fsp3) is 0.192. The van der Waals surface area contributed by atoms with Crippen LogP contribution in [0.1, 0.15) is 26.3 Å². The second-order valence-corrected chi connectivity index (χ2v) is 14.3. The zero-order valence-corrected chi connectivity index (χ0v) is 37.4. The first-order valence-electron chi connectivity index (χ1n) is 20.8. The summed E-state index contributed by atoms with van der Waals surface area (Å²) in [5.74, 6) is -1.28. The first-order valence-corrected chi connectivity index (χ1v) is 20.8. The lowest BCUT2D eigenvalue weighted by Gasteiger charge is -2.13. The monoisotopic (exact) mass is 943 g/mol. The molecule has 5 aromatic rings. The number of aliphatic hydroxyl groups is 3. The molecule has 0 aromatic heterocycles. The maximum absolute atomic E-state index is 12.7. The van der Waals surface area contributed by atoms with Crippen LogP contribution in [0.2, 0.25) is 0 Å². The number of carbonyl (C=O) groups excluding carboxylic acids is 5. The summed E-state index contributed by atoms with van der Waals surface area (Å²) in [4.78, 5) is 61.6. The first kappa shape index (κ1) is 53.1. The highest BCUT2D eigenvalue weighted by Gasteiger charge is 2.16. The number of ether oxygens (including phenoxy) is 8. The highest BCUT2D eigenvalue weighted by Crippen LogP contribution is 2.27. The third kappa shape index (κ3) is 18.7. The van der Waals surface area contributed by atoms with Crippen LogP contribution in [0.4, 0.5) is 5.69 Å². The Labute approximate surface area is 397 Å². The van der Waals surface area contributed by atoms with Gasteiger partial charge in [-0.1, -0.05) is 56.1 Å². The second kappa shape index (κ2) is 27.8.